The van der Waals surface area contributed by atoms with Crippen LogP contribution < -0.4 is 20.7 Å². The molecular weight excluding hydrogens is 684 g/mol. The first-order valence-electron chi connectivity index (χ1n) is 16.2. The molecule has 1 fully saturated rings. The highest BCUT2D eigenvalue weighted by molar-refractivity contribution is 5.97. The lowest BCUT2D eigenvalue weighted by atomic mass is 10.1. The number of benzene rings is 4. The van der Waals surface area contributed by atoms with Crippen LogP contribution in [-0.2, 0) is 30.7 Å². The highest BCUT2D eigenvalue weighted by atomic mass is 19.4. The molecule has 0 saturated carbocycles. The zero-order chi connectivity index (χ0) is 36.7. The van der Waals surface area contributed by atoms with Crippen LogP contribution in [0.3, 0.4) is 0 Å². The van der Waals surface area contributed by atoms with Crippen LogP contribution in [0.1, 0.15) is 28.1 Å². The normalized spacial score (nSPS) is 13.9. The average molecular weight is 719 g/mol. The molecule has 2 heterocycles. The van der Waals surface area contributed by atoms with E-state index in [1.54, 1.807) is 24.3 Å². The second-order valence-corrected chi connectivity index (χ2v) is 11.9. The summed E-state index contributed by atoms with van der Waals surface area (Å²) in [5.41, 5.74) is 3.93. The van der Waals surface area contributed by atoms with Crippen molar-refractivity contribution in [1.29, 1.82) is 0 Å². The van der Waals surface area contributed by atoms with E-state index in [2.05, 4.69) is 20.5 Å². The van der Waals surface area contributed by atoms with Crippen molar-refractivity contribution in [3.05, 3.63) is 131 Å². The Morgan fingerprint density at radius 3 is 2.29 bits per heavy atom. The minimum atomic E-state index is -4.47. The van der Waals surface area contributed by atoms with Gasteiger partial charge in [-0.25, -0.2) is 10.2 Å². The van der Waals surface area contributed by atoms with Crippen LogP contribution in [0.2, 0.25) is 0 Å². The van der Waals surface area contributed by atoms with Crippen molar-refractivity contribution in [2.45, 2.75) is 25.9 Å². The molecule has 6 rings (SSSR count). The molecule has 5 aromatic rings. The fourth-order valence-electron chi connectivity index (χ4n) is 5.48. The van der Waals surface area contributed by atoms with E-state index in [1.165, 1.54) is 36.4 Å². The van der Waals surface area contributed by atoms with Crippen molar-refractivity contribution in [3.8, 4) is 28.6 Å². The minimum absolute atomic E-state index is 0.140. The SMILES string of the molecule is NNC(=O)C(=Cc1ccc(OCc2cccc(C(F)(F)F)c2)cc1O)N1CCN(Cc2nc(-c3ccc(COc4ccc(F)cc4)cc3)no2)CC1. The Morgan fingerprint density at radius 1 is 0.904 bits per heavy atom. The molecule has 1 amide bonds. The standard InChI is InChI=1S/C37H34F4N6O5/c38-29-9-12-30(13-10-29)50-22-24-4-6-26(7-5-24)35-43-34(52-45-35)21-46-14-16-47(17-15-46)32(36(49)44-42)19-27-8-11-31(20-33(27)48)51-23-25-2-1-3-28(18-25)37(39,40)41/h1-13,18-20,48H,14-17,21-23,42H2,(H,44,49). The van der Waals surface area contributed by atoms with Gasteiger partial charge in [0.2, 0.25) is 11.7 Å². The molecule has 52 heavy (non-hydrogen) atoms. The average Bonchev–Trinajstić information content (AvgIpc) is 3.62. The second kappa shape index (κ2) is 16.0. The maximum Gasteiger partial charge on any atom is 0.416 e. The number of nitrogens with one attached hydrogen (secondary N) is 1. The van der Waals surface area contributed by atoms with Crippen molar-refractivity contribution >= 4 is 12.0 Å². The number of alkyl halides is 3. The molecule has 15 heteroatoms. The Labute approximate surface area is 295 Å². The third-order valence-corrected chi connectivity index (χ3v) is 8.29. The first-order valence-corrected chi connectivity index (χ1v) is 16.2. The lowest BCUT2D eigenvalue weighted by Crippen LogP contribution is -2.48. The highest BCUT2D eigenvalue weighted by Gasteiger charge is 2.30. The first-order chi connectivity index (χ1) is 25.0. The third kappa shape index (κ3) is 9.24. The molecule has 1 aliphatic heterocycles. The van der Waals surface area contributed by atoms with Crippen LogP contribution in [0.4, 0.5) is 17.6 Å². The van der Waals surface area contributed by atoms with E-state index < -0.39 is 17.6 Å². The number of phenolic OH excluding ortho intramolecular Hbond substituents is 1. The van der Waals surface area contributed by atoms with E-state index in [0.29, 0.717) is 67.9 Å². The van der Waals surface area contributed by atoms with Gasteiger partial charge < -0.3 is 24.0 Å². The van der Waals surface area contributed by atoms with Crippen LogP contribution >= 0.6 is 0 Å². The minimum Gasteiger partial charge on any atom is -0.507 e. The molecule has 0 spiro atoms. The van der Waals surface area contributed by atoms with E-state index in [9.17, 15) is 27.5 Å². The number of aromatic nitrogens is 2. The maximum atomic E-state index is 13.1. The van der Waals surface area contributed by atoms with E-state index in [0.717, 1.165) is 23.3 Å². The van der Waals surface area contributed by atoms with Gasteiger partial charge in [-0.15, -0.1) is 0 Å². The number of nitrogens with two attached hydrogens (primary N) is 1. The van der Waals surface area contributed by atoms with Gasteiger partial charge in [0.15, 0.2) is 0 Å². The Bertz CT molecular complexity index is 2010. The van der Waals surface area contributed by atoms with Crippen molar-refractivity contribution in [2.75, 3.05) is 26.2 Å². The van der Waals surface area contributed by atoms with Gasteiger partial charge in [0.05, 0.1) is 12.1 Å². The second-order valence-electron chi connectivity index (χ2n) is 11.9. The molecule has 11 nitrogen and oxygen atoms in total. The summed E-state index contributed by atoms with van der Waals surface area (Å²) in [6.07, 6.45) is -2.96. The lowest BCUT2D eigenvalue weighted by Gasteiger charge is -2.36. The predicted molar refractivity (Wildman–Crippen MR) is 182 cm³/mol. The molecule has 1 saturated heterocycles. The molecule has 0 atom stereocenters. The Balaban J connectivity index is 1.02. The van der Waals surface area contributed by atoms with Gasteiger partial charge in [0.25, 0.3) is 5.91 Å². The number of hydrazine groups is 1. The third-order valence-electron chi connectivity index (χ3n) is 8.29. The van der Waals surface area contributed by atoms with E-state index in [1.807, 2.05) is 29.2 Å². The summed E-state index contributed by atoms with van der Waals surface area (Å²) >= 11 is 0. The number of carbonyl (C=O) groups is 1. The number of carbonyl (C=O) groups excluding carboxylic acids is 1. The van der Waals surface area contributed by atoms with Gasteiger partial charge in [0, 0.05) is 43.4 Å². The van der Waals surface area contributed by atoms with Crippen LogP contribution in [0.5, 0.6) is 17.2 Å². The number of amides is 1. The number of phenols is 1. The van der Waals surface area contributed by atoms with E-state index in [4.69, 9.17) is 19.8 Å². The highest BCUT2D eigenvalue weighted by Crippen LogP contribution is 2.31. The van der Waals surface area contributed by atoms with Crippen molar-refractivity contribution < 1.29 is 41.5 Å². The van der Waals surface area contributed by atoms with Gasteiger partial charge in [-0.3, -0.25) is 15.1 Å². The topological polar surface area (TPSA) is 139 Å². The van der Waals surface area contributed by atoms with Gasteiger partial charge in [0.1, 0.15) is 42.0 Å². The Morgan fingerprint density at radius 2 is 1.60 bits per heavy atom. The lowest BCUT2D eigenvalue weighted by molar-refractivity contribution is -0.137. The summed E-state index contributed by atoms with van der Waals surface area (Å²) in [5.74, 6) is 6.09. The number of aromatic hydroxyl groups is 1. The summed E-state index contributed by atoms with van der Waals surface area (Å²) in [4.78, 5) is 21.3. The monoisotopic (exact) mass is 718 g/mol. The fraction of sp³-hybridized carbons (Fsp3) is 0.216. The zero-order valence-corrected chi connectivity index (χ0v) is 27.6. The summed E-state index contributed by atoms with van der Waals surface area (Å²) in [5, 5.41) is 14.8. The smallest absolute Gasteiger partial charge is 0.416 e. The molecule has 1 aromatic heterocycles. The number of hydrogen-bond donors (Lipinski definition) is 3. The molecule has 270 valence electrons. The molecule has 0 radical (unpaired) electrons. The van der Waals surface area contributed by atoms with Gasteiger partial charge in [-0.05, 0) is 65.7 Å². The van der Waals surface area contributed by atoms with Crippen LogP contribution in [0, 0.1) is 5.82 Å². The quantitative estimate of drug-likeness (QED) is 0.0470. The number of piperazine rings is 1. The number of rotatable bonds is 12. The van der Waals surface area contributed by atoms with Gasteiger partial charge in [-0.1, -0.05) is 41.6 Å². The van der Waals surface area contributed by atoms with E-state index >= 15 is 0 Å². The van der Waals surface area contributed by atoms with Gasteiger partial charge >= 0.3 is 6.18 Å². The molecule has 4 N–H and O–H groups in total. The summed E-state index contributed by atoms with van der Waals surface area (Å²) in [6.45, 7) is 2.61. The molecule has 1 aliphatic rings. The summed E-state index contributed by atoms with van der Waals surface area (Å²) in [7, 11) is 0. The largest absolute Gasteiger partial charge is 0.507 e. The van der Waals surface area contributed by atoms with Gasteiger partial charge in [-0.2, -0.15) is 18.2 Å². The first kappa shape index (κ1) is 35.9. The number of nitrogens with zero attached hydrogens (tertiary/aromatic N) is 4. The van der Waals surface area contributed by atoms with Crippen LogP contribution in [-0.4, -0.2) is 57.1 Å². The Hall–Kier alpha value is -5.93. The van der Waals surface area contributed by atoms with Crippen LogP contribution in [0.15, 0.2) is 101 Å². The summed E-state index contributed by atoms with van der Waals surface area (Å²) < 4.78 is 69.0. The molecule has 0 bridgehead atoms. The fourth-order valence-corrected chi connectivity index (χ4v) is 5.48. The van der Waals surface area contributed by atoms with Crippen molar-refractivity contribution in [3.63, 3.8) is 0 Å². The number of halogens is 4. The molecule has 4 aromatic carbocycles. The van der Waals surface area contributed by atoms with Crippen molar-refractivity contribution in [2.24, 2.45) is 5.84 Å². The van der Waals surface area contributed by atoms with E-state index in [-0.39, 0.29) is 29.6 Å². The van der Waals surface area contributed by atoms with Crippen molar-refractivity contribution in [1.82, 2.24) is 25.4 Å². The molecule has 0 unspecified atom stereocenters. The van der Waals surface area contributed by atoms with Crippen LogP contribution in [0.25, 0.3) is 17.5 Å². The predicted octanol–water partition coefficient (Wildman–Crippen LogP) is 5.91. The number of ether oxygens (including phenoxy) is 2. The zero-order valence-electron chi connectivity index (χ0n) is 27.6. The maximum absolute atomic E-state index is 13.1. The molecule has 0 aliphatic carbocycles. The molecular formula is C37H34F4N6O5. The number of hydrogen-bond acceptors (Lipinski definition) is 10. The summed E-state index contributed by atoms with van der Waals surface area (Å²) in [6, 6.07) is 22.6. The Kier molecular flexibility index (Phi) is 11.0.